The second-order valence-corrected chi connectivity index (χ2v) is 10.2. The van der Waals surface area contributed by atoms with E-state index in [1.165, 1.54) is 11.8 Å². The molecule has 1 N–H and O–H groups in total. The van der Waals surface area contributed by atoms with Crippen molar-refractivity contribution in [1.29, 1.82) is 0 Å². The number of nitrogens with one attached hydrogen (secondary N) is 1. The van der Waals surface area contributed by atoms with Gasteiger partial charge < -0.3 is 10.1 Å². The van der Waals surface area contributed by atoms with Crippen LogP contribution in [-0.4, -0.2) is 39.7 Å². The van der Waals surface area contributed by atoms with Gasteiger partial charge in [-0.2, -0.15) is 0 Å². The molecule has 35 heavy (non-hydrogen) atoms. The van der Waals surface area contributed by atoms with Gasteiger partial charge in [0.1, 0.15) is 5.25 Å². The summed E-state index contributed by atoms with van der Waals surface area (Å²) in [5.74, 6) is -0.880. The molecule has 0 spiro atoms. The number of carbonyl (C=O) groups is 3. The van der Waals surface area contributed by atoms with Gasteiger partial charge in [0, 0.05) is 22.0 Å². The summed E-state index contributed by atoms with van der Waals surface area (Å²) in [5, 5.41) is 5.14. The molecule has 1 atom stereocenters. The summed E-state index contributed by atoms with van der Waals surface area (Å²) < 4.78 is 5.02. The number of aliphatic imine (C=N–C) groups is 1. The summed E-state index contributed by atoms with van der Waals surface area (Å²) in [6.45, 7) is 2.41. The number of benzene rings is 2. The lowest BCUT2D eigenvalue weighted by Crippen LogP contribution is -2.44. The average molecular weight is 528 g/mol. The number of nitrogens with zero attached hydrogens (tertiary/aromatic N) is 2. The largest absolute Gasteiger partial charge is 0.462 e. The van der Waals surface area contributed by atoms with E-state index >= 15 is 0 Å². The van der Waals surface area contributed by atoms with E-state index in [0.717, 1.165) is 4.88 Å². The molecule has 2 aromatic carbocycles. The Bertz CT molecular complexity index is 1230. The molecule has 1 fully saturated rings. The van der Waals surface area contributed by atoms with Crippen LogP contribution in [-0.2, 0) is 20.9 Å². The molecule has 180 valence electrons. The van der Waals surface area contributed by atoms with Crippen LogP contribution in [0.5, 0.6) is 0 Å². The molecule has 7 nitrogen and oxygen atoms in total. The van der Waals surface area contributed by atoms with E-state index in [0.29, 0.717) is 40.3 Å². The molecule has 1 aromatic heterocycles. The first-order valence-electron chi connectivity index (χ1n) is 10.8. The van der Waals surface area contributed by atoms with Gasteiger partial charge in [0.2, 0.25) is 11.8 Å². The topological polar surface area (TPSA) is 88.1 Å². The first-order valence-corrected chi connectivity index (χ1v) is 13.0. The molecule has 2 heterocycles. The number of esters is 1. The maximum absolute atomic E-state index is 13.1. The molecular weight excluding hydrogens is 506 g/mol. The smallest absolute Gasteiger partial charge is 0.338 e. The standard InChI is InChI=1S/C25H22ClN3O4S2/c1-2-33-24(32)16-5-9-19(10-6-16)28-25-29(15-20-4-3-13-34-20)22(30)14-21(35-25)23(31)27-18-11-7-17(26)8-12-18/h3-13,21H,2,14-15H2,1H3,(H,27,31)/t21-/m0/s1. The zero-order valence-electron chi connectivity index (χ0n) is 18.8. The quantitative estimate of drug-likeness (QED) is 0.396. The third kappa shape index (κ3) is 6.50. The lowest BCUT2D eigenvalue weighted by atomic mass is 10.2. The molecule has 1 aliphatic heterocycles. The summed E-state index contributed by atoms with van der Waals surface area (Å²) in [6.07, 6.45) is 0.0519. The SMILES string of the molecule is CCOC(=O)c1ccc(N=C2S[C@H](C(=O)Nc3ccc(Cl)cc3)CC(=O)N2Cc2cccs2)cc1. The number of amides is 2. The Morgan fingerprint density at radius 3 is 2.54 bits per heavy atom. The second-order valence-electron chi connectivity index (χ2n) is 7.53. The van der Waals surface area contributed by atoms with Gasteiger partial charge in [0.05, 0.1) is 24.4 Å². The molecule has 0 radical (unpaired) electrons. The van der Waals surface area contributed by atoms with Crippen LogP contribution in [0.4, 0.5) is 11.4 Å². The molecule has 3 aromatic rings. The number of thiophene rings is 1. The lowest BCUT2D eigenvalue weighted by Gasteiger charge is -2.31. The van der Waals surface area contributed by atoms with E-state index in [1.807, 2.05) is 17.5 Å². The van der Waals surface area contributed by atoms with Crippen LogP contribution >= 0.6 is 34.7 Å². The second kappa shape index (κ2) is 11.5. The normalized spacial score (nSPS) is 16.9. The van der Waals surface area contributed by atoms with Crippen LogP contribution in [0, 0.1) is 0 Å². The number of halogens is 1. The van der Waals surface area contributed by atoms with Gasteiger partial charge in [0.15, 0.2) is 5.17 Å². The van der Waals surface area contributed by atoms with Crippen molar-refractivity contribution < 1.29 is 19.1 Å². The third-order valence-corrected chi connectivity index (χ3v) is 7.34. The fourth-order valence-corrected chi connectivity index (χ4v) is 5.22. The monoisotopic (exact) mass is 527 g/mol. The van der Waals surface area contributed by atoms with Crippen molar-refractivity contribution in [2.75, 3.05) is 11.9 Å². The fourth-order valence-electron chi connectivity index (χ4n) is 3.31. The van der Waals surface area contributed by atoms with Crippen molar-refractivity contribution >= 4 is 69.0 Å². The third-order valence-electron chi connectivity index (χ3n) is 5.04. The Morgan fingerprint density at radius 1 is 1.14 bits per heavy atom. The van der Waals surface area contributed by atoms with Crippen molar-refractivity contribution in [3.63, 3.8) is 0 Å². The van der Waals surface area contributed by atoms with Crippen LogP contribution in [0.2, 0.25) is 5.02 Å². The maximum Gasteiger partial charge on any atom is 0.338 e. The Hall–Kier alpha value is -3.14. The van der Waals surface area contributed by atoms with Crippen LogP contribution in [0.1, 0.15) is 28.6 Å². The van der Waals surface area contributed by atoms with Gasteiger partial charge in [-0.1, -0.05) is 29.4 Å². The van der Waals surface area contributed by atoms with E-state index < -0.39 is 11.2 Å². The predicted molar refractivity (Wildman–Crippen MR) is 140 cm³/mol. The first kappa shape index (κ1) is 25.0. The van der Waals surface area contributed by atoms with E-state index in [4.69, 9.17) is 16.3 Å². The zero-order chi connectivity index (χ0) is 24.8. The molecule has 10 heteroatoms. The zero-order valence-corrected chi connectivity index (χ0v) is 21.2. The van der Waals surface area contributed by atoms with Gasteiger partial charge in [-0.15, -0.1) is 11.3 Å². The predicted octanol–water partition coefficient (Wildman–Crippen LogP) is 5.74. The van der Waals surface area contributed by atoms with Crippen molar-refractivity contribution in [3.8, 4) is 0 Å². The molecule has 1 saturated heterocycles. The minimum absolute atomic E-state index is 0.0519. The summed E-state index contributed by atoms with van der Waals surface area (Å²) in [6, 6.07) is 17.3. The highest BCUT2D eigenvalue weighted by atomic mass is 35.5. The van der Waals surface area contributed by atoms with E-state index in [2.05, 4.69) is 10.3 Å². The Labute approximate surface area is 216 Å². The first-order chi connectivity index (χ1) is 16.9. The van der Waals surface area contributed by atoms with Crippen molar-refractivity contribution in [2.45, 2.75) is 25.1 Å². The van der Waals surface area contributed by atoms with Crippen LogP contribution in [0.3, 0.4) is 0 Å². The summed E-state index contributed by atoms with van der Waals surface area (Å²) in [7, 11) is 0. The van der Waals surface area contributed by atoms with Gasteiger partial charge >= 0.3 is 5.97 Å². The molecule has 4 rings (SSSR count). The number of anilines is 1. The molecule has 0 aliphatic carbocycles. The minimum atomic E-state index is -0.643. The van der Waals surface area contributed by atoms with E-state index in [9.17, 15) is 14.4 Å². The number of ether oxygens (including phenoxy) is 1. The molecule has 2 amide bonds. The molecular formula is C25H22ClN3O4S2. The van der Waals surface area contributed by atoms with Gasteiger partial charge in [-0.25, -0.2) is 9.79 Å². The Morgan fingerprint density at radius 2 is 1.89 bits per heavy atom. The highest BCUT2D eigenvalue weighted by Gasteiger charge is 2.36. The summed E-state index contributed by atoms with van der Waals surface area (Å²) >= 11 is 8.71. The minimum Gasteiger partial charge on any atom is -0.462 e. The number of hydrogen-bond acceptors (Lipinski definition) is 7. The van der Waals surface area contributed by atoms with Crippen molar-refractivity contribution in [2.24, 2.45) is 4.99 Å². The number of amidine groups is 1. The van der Waals surface area contributed by atoms with Crippen LogP contribution in [0.15, 0.2) is 71.0 Å². The Balaban J connectivity index is 1.57. The Kier molecular flexibility index (Phi) is 8.22. The number of rotatable bonds is 7. The average Bonchev–Trinajstić information content (AvgIpc) is 3.36. The fraction of sp³-hybridized carbons (Fsp3) is 0.200. The van der Waals surface area contributed by atoms with Gasteiger partial charge in [-0.3, -0.25) is 14.5 Å². The highest BCUT2D eigenvalue weighted by molar-refractivity contribution is 8.15. The molecule has 0 unspecified atom stereocenters. The van der Waals surface area contributed by atoms with Crippen LogP contribution in [0.25, 0.3) is 0 Å². The molecule has 1 aliphatic rings. The van der Waals surface area contributed by atoms with Crippen LogP contribution < -0.4 is 5.32 Å². The van der Waals surface area contributed by atoms with E-state index in [1.54, 1.807) is 71.7 Å². The summed E-state index contributed by atoms with van der Waals surface area (Å²) in [4.78, 5) is 45.3. The number of carbonyl (C=O) groups excluding carboxylic acids is 3. The van der Waals surface area contributed by atoms with Gasteiger partial charge in [0.25, 0.3) is 0 Å². The van der Waals surface area contributed by atoms with Crippen molar-refractivity contribution in [1.82, 2.24) is 4.90 Å². The van der Waals surface area contributed by atoms with Crippen molar-refractivity contribution in [3.05, 3.63) is 81.5 Å². The molecule has 0 saturated carbocycles. The maximum atomic E-state index is 13.1. The van der Waals surface area contributed by atoms with E-state index in [-0.39, 0.29) is 18.2 Å². The molecule has 0 bridgehead atoms. The summed E-state index contributed by atoms with van der Waals surface area (Å²) in [5.41, 5.74) is 1.57. The number of hydrogen-bond donors (Lipinski definition) is 1. The number of thioether (sulfide) groups is 1. The highest BCUT2D eigenvalue weighted by Crippen LogP contribution is 2.31. The lowest BCUT2D eigenvalue weighted by molar-refractivity contribution is -0.129. The van der Waals surface area contributed by atoms with Gasteiger partial charge in [-0.05, 0) is 66.9 Å².